The smallest absolute Gasteiger partial charge is 0.316 e. The van der Waals surface area contributed by atoms with Gasteiger partial charge in [-0.1, -0.05) is 0 Å². The molecule has 0 heterocycles. The van der Waals surface area contributed by atoms with Gasteiger partial charge < -0.3 is 15.5 Å². The molecule has 1 aromatic carbocycles. The zero-order valence-electron chi connectivity index (χ0n) is 10.3. The molecule has 0 saturated heterocycles. The highest BCUT2D eigenvalue weighted by atomic mass is 16.6. The van der Waals surface area contributed by atoms with Crippen molar-refractivity contribution in [3.05, 3.63) is 34.4 Å². The van der Waals surface area contributed by atoms with Crippen molar-refractivity contribution in [2.75, 3.05) is 32.5 Å². The van der Waals surface area contributed by atoms with Crippen LogP contribution in [0.3, 0.4) is 0 Å². The first-order chi connectivity index (χ1) is 8.50. The summed E-state index contributed by atoms with van der Waals surface area (Å²) in [6.45, 7) is 1.03. The molecule has 1 rings (SSSR count). The van der Waals surface area contributed by atoms with Crippen LogP contribution in [0.15, 0.2) is 24.3 Å². The minimum atomic E-state index is -0.443. The van der Waals surface area contributed by atoms with Crippen LogP contribution in [-0.2, 0) is 0 Å². The maximum Gasteiger partial charge on any atom is 0.316 e. The molecule has 18 heavy (non-hydrogen) atoms. The molecule has 1 aromatic rings. The van der Waals surface area contributed by atoms with E-state index in [1.54, 1.807) is 26.2 Å². The third-order valence-corrected chi connectivity index (χ3v) is 2.21. The van der Waals surface area contributed by atoms with Gasteiger partial charge in [0.05, 0.1) is 4.92 Å². The Balaban J connectivity index is 2.31. The van der Waals surface area contributed by atoms with Crippen molar-refractivity contribution in [1.29, 1.82) is 0 Å². The number of nitrogens with zero attached hydrogens (tertiary/aromatic N) is 2. The van der Waals surface area contributed by atoms with Crippen LogP contribution >= 0.6 is 0 Å². The normalized spacial score (nSPS) is 9.67. The Hall–Kier alpha value is -2.31. The summed E-state index contributed by atoms with van der Waals surface area (Å²) in [6.07, 6.45) is 0. The number of amides is 2. The van der Waals surface area contributed by atoms with E-state index in [0.29, 0.717) is 13.1 Å². The van der Waals surface area contributed by atoms with Gasteiger partial charge in [0.2, 0.25) is 0 Å². The molecule has 7 nitrogen and oxygen atoms in total. The molecule has 2 N–H and O–H groups in total. The highest BCUT2D eigenvalue weighted by Crippen LogP contribution is 2.14. The van der Waals surface area contributed by atoms with Crippen LogP contribution in [-0.4, -0.2) is 43.0 Å². The van der Waals surface area contributed by atoms with Gasteiger partial charge in [-0.25, -0.2) is 4.79 Å². The summed E-state index contributed by atoms with van der Waals surface area (Å²) >= 11 is 0. The maximum atomic E-state index is 11.2. The number of nitrogens with one attached hydrogen (secondary N) is 2. The van der Waals surface area contributed by atoms with Gasteiger partial charge in [0.15, 0.2) is 0 Å². The van der Waals surface area contributed by atoms with Gasteiger partial charge in [0, 0.05) is 45.0 Å². The minimum absolute atomic E-state index is 0.0569. The first kappa shape index (κ1) is 13.8. The van der Waals surface area contributed by atoms with E-state index >= 15 is 0 Å². The second kappa shape index (κ2) is 6.43. The Kier molecular flexibility index (Phi) is 4.91. The number of non-ortho nitro benzene ring substituents is 1. The van der Waals surface area contributed by atoms with Crippen LogP contribution in [0.5, 0.6) is 0 Å². The molecule has 98 valence electrons. The molecule has 0 aliphatic rings. The number of hydrogen-bond donors (Lipinski definition) is 2. The van der Waals surface area contributed by atoms with Crippen LogP contribution < -0.4 is 10.6 Å². The number of benzene rings is 1. The lowest BCUT2D eigenvalue weighted by Gasteiger charge is -2.12. The zero-order valence-corrected chi connectivity index (χ0v) is 10.3. The molecule has 2 amide bonds. The molecule has 7 heteroatoms. The summed E-state index contributed by atoms with van der Waals surface area (Å²) < 4.78 is 0. The predicted molar refractivity (Wildman–Crippen MR) is 68.7 cm³/mol. The van der Waals surface area contributed by atoms with E-state index in [-0.39, 0.29) is 11.7 Å². The Morgan fingerprint density at radius 2 is 1.89 bits per heavy atom. The molecule has 0 fully saturated rings. The Bertz CT molecular complexity index is 417. The van der Waals surface area contributed by atoms with Gasteiger partial charge in [0.1, 0.15) is 0 Å². The fourth-order valence-corrected chi connectivity index (χ4v) is 1.24. The quantitative estimate of drug-likeness (QED) is 0.469. The number of nitro benzene ring substituents is 1. The molecule has 0 saturated carbocycles. The second-order valence-electron chi connectivity index (χ2n) is 3.86. The molecular weight excluding hydrogens is 236 g/mol. The van der Waals surface area contributed by atoms with E-state index in [1.807, 2.05) is 0 Å². The average molecular weight is 252 g/mol. The molecule has 0 radical (unpaired) electrons. The number of carbonyl (C=O) groups excluding carboxylic acids is 1. The zero-order chi connectivity index (χ0) is 13.5. The van der Waals surface area contributed by atoms with E-state index < -0.39 is 4.92 Å². The number of nitro groups is 1. The van der Waals surface area contributed by atoms with Crippen LogP contribution in [0.4, 0.5) is 16.2 Å². The number of carbonyl (C=O) groups is 1. The number of urea groups is 1. The van der Waals surface area contributed by atoms with E-state index in [0.717, 1.165) is 5.69 Å². The van der Waals surface area contributed by atoms with Crippen molar-refractivity contribution in [1.82, 2.24) is 10.2 Å². The van der Waals surface area contributed by atoms with Crippen LogP contribution in [0.1, 0.15) is 0 Å². The molecule has 0 spiro atoms. The van der Waals surface area contributed by atoms with E-state index in [1.165, 1.54) is 17.0 Å². The van der Waals surface area contributed by atoms with Crippen molar-refractivity contribution in [2.24, 2.45) is 0 Å². The number of rotatable bonds is 5. The summed E-state index contributed by atoms with van der Waals surface area (Å²) in [5, 5.41) is 16.2. The van der Waals surface area contributed by atoms with Gasteiger partial charge in [-0.15, -0.1) is 0 Å². The van der Waals surface area contributed by atoms with Gasteiger partial charge in [-0.3, -0.25) is 10.1 Å². The summed E-state index contributed by atoms with van der Waals surface area (Å²) in [6, 6.07) is 5.97. The Morgan fingerprint density at radius 1 is 1.28 bits per heavy atom. The van der Waals surface area contributed by atoms with Gasteiger partial charge in [-0.05, 0) is 12.1 Å². The van der Waals surface area contributed by atoms with Crippen molar-refractivity contribution in [3.63, 3.8) is 0 Å². The lowest BCUT2D eigenvalue weighted by Crippen LogP contribution is -2.37. The minimum Gasteiger partial charge on any atom is -0.383 e. The van der Waals surface area contributed by atoms with Gasteiger partial charge >= 0.3 is 6.03 Å². The lowest BCUT2D eigenvalue weighted by atomic mass is 10.3. The SMILES string of the molecule is CN(C)C(=O)NCCNc1ccc([N+](=O)[O-])cc1. The fourth-order valence-electron chi connectivity index (χ4n) is 1.24. The van der Waals surface area contributed by atoms with E-state index in [4.69, 9.17) is 0 Å². The summed E-state index contributed by atoms with van der Waals surface area (Å²) in [7, 11) is 3.33. The Morgan fingerprint density at radius 3 is 2.39 bits per heavy atom. The molecule has 0 atom stereocenters. The molecule has 0 aliphatic carbocycles. The largest absolute Gasteiger partial charge is 0.383 e. The predicted octanol–water partition coefficient (Wildman–Crippen LogP) is 1.28. The second-order valence-corrected chi connectivity index (χ2v) is 3.86. The average Bonchev–Trinajstić information content (AvgIpc) is 2.34. The van der Waals surface area contributed by atoms with Crippen molar-refractivity contribution < 1.29 is 9.72 Å². The summed E-state index contributed by atoms with van der Waals surface area (Å²) in [5.74, 6) is 0. The topological polar surface area (TPSA) is 87.5 Å². The third-order valence-electron chi connectivity index (χ3n) is 2.21. The third kappa shape index (κ3) is 4.28. The van der Waals surface area contributed by atoms with Crippen molar-refractivity contribution in [3.8, 4) is 0 Å². The van der Waals surface area contributed by atoms with Crippen LogP contribution in [0, 0.1) is 10.1 Å². The highest BCUT2D eigenvalue weighted by Gasteiger charge is 2.04. The summed E-state index contributed by atoms with van der Waals surface area (Å²) in [4.78, 5) is 22.6. The number of hydrogen-bond acceptors (Lipinski definition) is 4. The van der Waals surface area contributed by atoms with E-state index in [9.17, 15) is 14.9 Å². The van der Waals surface area contributed by atoms with Crippen molar-refractivity contribution >= 4 is 17.4 Å². The van der Waals surface area contributed by atoms with Gasteiger partial charge in [0.25, 0.3) is 5.69 Å². The number of anilines is 1. The fraction of sp³-hybridized carbons (Fsp3) is 0.364. The molecular formula is C11H16N4O3. The molecule has 0 aromatic heterocycles. The first-order valence-electron chi connectivity index (χ1n) is 5.44. The molecule has 0 bridgehead atoms. The molecule has 0 aliphatic heterocycles. The van der Waals surface area contributed by atoms with Crippen molar-refractivity contribution in [2.45, 2.75) is 0 Å². The van der Waals surface area contributed by atoms with E-state index in [2.05, 4.69) is 10.6 Å². The highest BCUT2D eigenvalue weighted by molar-refractivity contribution is 5.73. The summed E-state index contributed by atoms with van der Waals surface area (Å²) in [5.41, 5.74) is 0.834. The van der Waals surface area contributed by atoms with Crippen LogP contribution in [0.25, 0.3) is 0 Å². The standard InChI is InChI=1S/C11H16N4O3/c1-14(2)11(16)13-8-7-12-9-3-5-10(6-4-9)15(17)18/h3-6,12H,7-8H2,1-2H3,(H,13,16). The Labute approximate surface area is 105 Å². The monoisotopic (exact) mass is 252 g/mol. The first-order valence-corrected chi connectivity index (χ1v) is 5.44. The lowest BCUT2D eigenvalue weighted by molar-refractivity contribution is -0.384. The molecule has 0 unspecified atom stereocenters. The maximum absolute atomic E-state index is 11.2. The van der Waals surface area contributed by atoms with Crippen LogP contribution in [0.2, 0.25) is 0 Å². The van der Waals surface area contributed by atoms with Gasteiger partial charge in [-0.2, -0.15) is 0 Å².